The maximum atomic E-state index is 12.5. The fourth-order valence-corrected chi connectivity index (χ4v) is 2.67. The molecule has 3 rings (SSSR count). The van der Waals surface area contributed by atoms with Gasteiger partial charge in [-0.25, -0.2) is 0 Å². The molecule has 0 bridgehead atoms. The first kappa shape index (κ1) is 18.8. The minimum absolute atomic E-state index is 0.106. The molecule has 2 aromatic rings. The third kappa shape index (κ3) is 3.77. The molecule has 1 fully saturated rings. The van der Waals surface area contributed by atoms with Crippen LogP contribution in [0.1, 0.15) is 18.2 Å². The number of rotatable bonds is 5. The lowest BCUT2D eigenvalue weighted by molar-refractivity contribution is -0.157. The molecule has 1 atom stereocenters. The molecule has 1 aliphatic rings. The van der Waals surface area contributed by atoms with Gasteiger partial charge in [-0.1, -0.05) is 18.2 Å². The van der Waals surface area contributed by atoms with Crippen molar-refractivity contribution < 1.29 is 32.3 Å². The normalized spacial score (nSPS) is 20.1. The predicted octanol–water partition coefficient (Wildman–Crippen LogP) is 0.915. The summed E-state index contributed by atoms with van der Waals surface area (Å²) in [6.45, 7) is -0.0232. The Hall–Kier alpha value is -2.95. The smallest absolute Gasteiger partial charge is 0.417 e. The number of hydrogen-bond donors (Lipinski definition) is 2. The van der Waals surface area contributed by atoms with Crippen molar-refractivity contribution in [1.82, 2.24) is 15.5 Å². The van der Waals surface area contributed by atoms with Crippen molar-refractivity contribution in [1.29, 1.82) is 0 Å². The monoisotopic (exact) mass is 384 g/mol. The highest BCUT2D eigenvalue weighted by Crippen LogP contribution is 2.29. The van der Waals surface area contributed by atoms with Crippen molar-refractivity contribution >= 4 is 17.5 Å². The second-order valence-electron chi connectivity index (χ2n) is 5.91. The molecule has 0 radical (unpaired) electrons. The highest BCUT2D eigenvalue weighted by Gasteiger charge is 2.51. The van der Waals surface area contributed by atoms with E-state index in [4.69, 9.17) is 0 Å². The van der Waals surface area contributed by atoms with Crippen molar-refractivity contribution in [3.05, 3.63) is 42.1 Å². The van der Waals surface area contributed by atoms with Crippen LogP contribution >= 0.6 is 0 Å². The van der Waals surface area contributed by atoms with E-state index in [0.717, 1.165) is 0 Å². The summed E-state index contributed by atoms with van der Waals surface area (Å²) in [5.74, 6) is -3.49. The topological polar surface area (TPSA) is 109 Å². The van der Waals surface area contributed by atoms with E-state index in [0.29, 0.717) is 5.69 Å². The highest BCUT2D eigenvalue weighted by atomic mass is 19.4. The van der Waals surface area contributed by atoms with E-state index in [-0.39, 0.29) is 31.8 Å². The van der Waals surface area contributed by atoms with Gasteiger partial charge in [-0.15, -0.1) is 10.2 Å². The van der Waals surface area contributed by atoms with E-state index in [1.807, 2.05) is 0 Å². The maximum Gasteiger partial charge on any atom is 0.470 e. The fraction of sp³-hybridized carbons (Fsp3) is 0.375. The van der Waals surface area contributed by atoms with Crippen molar-refractivity contribution in [3.8, 4) is 0 Å². The molecule has 0 spiro atoms. The molecular weight excluding hydrogens is 369 g/mol. The molecule has 2 N–H and O–H groups in total. The summed E-state index contributed by atoms with van der Waals surface area (Å²) in [5, 5.41) is 18.9. The zero-order valence-corrected chi connectivity index (χ0v) is 13.9. The first-order valence-corrected chi connectivity index (χ1v) is 7.99. The number of nitrogens with one attached hydrogen (secondary N) is 1. The first-order valence-electron chi connectivity index (χ1n) is 7.99. The summed E-state index contributed by atoms with van der Waals surface area (Å²) in [4.78, 5) is 26.0. The van der Waals surface area contributed by atoms with E-state index in [1.165, 1.54) is 4.90 Å². The molecule has 0 unspecified atom stereocenters. The Labute approximate surface area is 151 Å². The standard InChI is InChI=1S/C16H15F3N4O4/c17-16(18,19)13-22-21-11(27-13)6-8-20-12(24)15(26)7-9-23(14(15)25)10-4-2-1-3-5-10/h1-5,26H,6-9H2,(H,20,24)/t15-/m0/s1. The third-order valence-electron chi connectivity index (χ3n) is 4.07. The number of benzene rings is 1. The van der Waals surface area contributed by atoms with Gasteiger partial charge in [-0.05, 0) is 12.1 Å². The molecule has 8 nitrogen and oxygen atoms in total. The zero-order chi connectivity index (χ0) is 19.7. The van der Waals surface area contributed by atoms with Gasteiger partial charge in [0.25, 0.3) is 11.8 Å². The molecule has 0 saturated carbocycles. The van der Waals surface area contributed by atoms with Gasteiger partial charge in [0.1, 0.15) is 0 Å². The number of carbonyl (C=O) groups excluding carboxylic acids is 2. The van der Waals surface area contributed by atoms with Crippen LogP contribution in [0.2, 0.25) is 0 Å². The van der Waals surface area contributed by atoms with Gasteiger partial charge in [-0.2, -0.15) is 13.2 Å². The first-order chi connectivity index (χ1) is 12.7. The number of halogens is 3. The van der Waals surface area contributed by atoms with Gasteiger partial charge in [0, 0.05) is 31.6 Å². The molecular formula is C16H15F3N4O4. The van der Waals surface area contributed by atoms with Crippen molar-refractivity contribution in [2.45, 2.75) is 24.6 Å². The average molecular weight is 384 g/mol. The number of aromatic nitrogens is 2. The minimum atomic E-state index is -4.75. The number of alkyl halides is 3. The number of carbonyl (C=O) groups is 2. The molecule has 1 saturated heterocycles. The van der Waals surface area contributed by atoms with E-state index in [9.17, 15) is 27.9 Å². The summed E-state index contributed by atoms with van der Waals surface area (Å²) in [6, 6.07) is 8.56. The van der Waals surface area contributed by atoms with Crippen LogP contribution in [0.25, 0.3) is 0 Å². The van der Waals surface area contributed by atoms with Gasteiger partial charge in [0.05, 0.1) is 0 Å². The van der Waals surface area contributed by atoms with Crippen LogP contribution in [0, 0.1) is 0 Å². The van der Waals surface area contributed by atoms with Gasteiger partial charge in [-0.3, -0.25) is 9.59 Å². The van der Waals surface area contributed by atoms with Gasteiger partial charge in [0.15, 0.2) is 0 Å². The number of anilines is 1. The van der Waals surface area contributed by atoms with Crippen molar-refractivity contribution in [2.75, 3.05) is 18.0 Å². The molecule has 1 aromatic heterocycles. The van der Waals surface area contributed by atoms with Crippen LogP contribution in [0.15, 0.2) is 34.7 Å². The summed E-state index contributed by atoms with van der Waals surface area (Å²) < 4.78 is 41.6. The van der Waals surface area contributed by atoms with Crippen molar-refractivity contribution in [2.24, 2.45) is 0 Å². The molecule has 144 valence electrons. The minimum Gasteiger partial charge on any atom is -0.417 e. The zero-order valence-electron chi connectivity index (χ0n) is 13.9. The van der Waals surface area contributed by atoms with E-state index in [1.54, 1.807) is 30.3 Å². The van der Waals surface area contributed by atoms with Crippen LogP contribution in [0.5, 0.6) is 0 Å². The number of hydrogen-bond acceptors (Lipinski definition) is 6. The lowest BCUT2D eigenvalue weighted by atomic mass is 10.0. The predicted molar refractivity (Wildman–Crippen MR) is 84.4 cm³/mol. The fourth-order valence-electron chi connectivity index (χ4n) is 2.67. The highest BCUT2D eigenvalue weighted by molar-refractivity contribution is 6.16. The summed E-state index contributed by atoms with van der Waals surface area (Å²) >= 11 is 0. The molecule has 1 aromatic carbocycles. The largest absolute Gasteiger partial charge is 0.470 e. The van der Waals surface area contributed by atoms with Gasteiger partial charge in [0.2, 0.25) is 11.5 Å². The van der Waals surface area contributed by atoms with Gasteiger partial charge >= 0.3 is 12.1 Å². The quantitative estimate of drug-likeness (QED) is 0.742. The number of nitrogens with zero attached hydrogens (tertiary/aromatic N) is 3. The van der Waals surface area contributed by atoms with Crippen LogP contribution in [-0.2, 0) is 22.2 Å². The Morgan fingerprint density at radius 2 is 2.00 bits per heavy atom. The second-order valence-corrected chi connectivity index (χ2v) is 5.91. The average Bonchev–Trinajstić information content (AvgIpc) is 3.22. The van der Waals surface area contributed by atoms with Crippen LogP contribution in [-0.4, -0.2) is 45.8 Å². The lowest BCUT2D eigenvalue weighted by Crippen LogP contribution is -2.52. The Kier molecular flexibility index (Phi) is 4.87. The Morgan fingerprint density at radius 1 is 1.30 bits per heavy atom. The van der Waals surface area contributed by atoms with Crippen LogP contribution in [0.4, 0.5) is 18.9 Å². The lowest BCUT2D eigenvalue weighted by Gasteiger charge is -2.21. The van der Waals surface area contributed by atoms with Crippen molar-refractivity contribution in [3.63, 3.8) is 0 Å². The van der Waals surface area contributed by atoms with E-state index < -0.39 is 29.5 Å². The Bertz CT molecular complexity index is 840. The molecule has 27 heavy (non-hydrogen) atoms. The number of amides is 2. The molecule has 1 aliphatic heterocycles. The van der Waals surface area contributed by atoms with Crippen LogP contribution < -0.4 is 10.2 Å². The summed E-state index contributed by atoms with van der Waals surface area (Å²) in [6.07, 6.45) is -5.03. The van der Waals surface area contributed by atoms with Gasteiger partial charge < -0.3 is 19.7 Å². The molecule has 2 heterocycles. The van der Waals surface area contributed by atoms with E-state index >= 15 is 0 Å². The second kappa shape index (κ2) is 6.99. The third-order valence-corrected chi connectivity index (χ3v) is 4.07. The Morgan fingerprint density at radius 3 is 2.63 bits per heavy atom. The molecule has 2 amide bonds. The molecule has 11 heteroatoms. The number of aliphatic hydroxyl groups is 1. The number of para-hydroxylation sites is 1. The summed E-state index contributed by atoms with van der Waals surface area (Å²) in [7, 11) is 0. The maximum absolute atomic E-state index is 12.5. The summed E-state index contributed by atoms with van der Waals surface area (Å²) in [5.41, 5.74) is -1.68. The SMILES string of the molecule is O=C(NCCc1nnc(C(F)(F)F)o1)[C@@]1(O)CCN(c2ccccc2)C1=O. The van der Waals surface area contributed by atoms with E-state index in [2.05, 4.69) is 19.9 Å². The Balaban J connectivity index is 1.58. The molecule has 0 aliphatic carbocycles. The van der Waals surface area contributed by atoms with Crippen LogP contribution in [0.3, 0.4) is 0 Å².